The lowest BCUT2D eigenvalue weighted by atomic mass is 9.94. The monoisotopic (exact) mass is 219 g/mol. The van der Waals surface area contributed by atoms with Crippen molar-refractivity contribution in [3.8, 4) is 0 Å². The first-order valence-corrected chi connectivity index (χ1v) is 6.28. The highest BCUT2D eigenvalue weighted by Crippen LogP contribution is 2.39. The molecule has 1 aliphatic carbocycles. The molecule has 3 unspecified atom stereocenters. The van der Waals surface area contributed by atoms with Crippen molar-refractivity contribution in [2.24, 2.45) is 11.8 Å². The van der Waals surface area contributed by atoms with E-state index in [1.807, 2.05) is 13.2 Å². The van der Waals surface area contributed by atoms with Gasteiger partial charge in [0.2, 0.25) is 0 Å². The van der Waals surface area contributed by atoms with Crippen LogP contribution in [0, 0.1) is 11.8 Å². The van der Waals surface area contributed by atoms with Gasteiger partial charge in [0.25, 0.3) is 0 Å². The van der Waals surface area contributed by atoms with Crippen LogP contribution >= 0.6 is 0 Å². The molecule has 0 bridgehead atoms. The van der Waals surface area contributed by atoms with Crippen LogP contribution in [0.2, 0.25) is 0 Å². The second-order valence-electron chi connectivity index (χ2n) is 4.74. The molecule has 1 fully saturated rings. The van der Waals surface area contributed by atoms with E-state index in [1.165, 1.54) is 25.7 Å². The number of nitrogens with one attached hydrogen (secondary N) is 1. The fraction of sp³-hybridized carbons (Fsp3) is 0.692. The van der Waals surface area contributed by atoms with Crippen LogP contribution in [0.4, 0.5) is 0 Å². The van der Waals surface area contributed by atoms with E-state index in [0.717, 1.165) is 17.5 Å². The molecule has 1 N–H and O–H groups in total. The van der Waals surface area contributed by atoms with Gasteiger partial charge < -0.3 is 5.32 Å². The van der Waals surface area contributed by atoms with Gasteiger partial charge in [0, 0.05) is 18.6 Å². The van der Waals surface area contributed by atoms with Crippen LogP contribution in [0.3, 0.4) is 0 Å². The van der Waals surface area contributed by atoms with E-state index in [0.29, 0.717) is 6.04 Å². The number of hydrogen-bond donors (Lipinski definition) is 1. The van der Waals surface area contributed by atoms with Crippen LogP contribution in [0.1, 0.15) is 44.3 Å². The van der Waals surface area contributed by atoms with Gasteiger partial charge in [0.1, 0.15) is 0 Å². The second kappa shape index (κ2) is 5.39. The molecule has 3 nitrogen and oxygen atoms in total. The molecule has 1 aromatic heterocycles. The molecule has 1 saturated carbocycles. The number of nitrogens with zero attached hydrogens (tertiary/aromatic N) is 2. The lowest BCUT2D eigenvalue weighted by Gasteiger charge is -2.22. The smallest absolute Gasteiger partial charge is 0.0758 e. The van der Waals surface area contributed by atoms with Crippen molar-refractivity contribution in [2.45, 2.75) is 38.6 Å². The predicted molar refractivity (Wildman–Crippen MR) is 65.0 cm³/mol. The zero-order valence-electron chi connectivity index (χ0n) is 10.2. The Balaban J connectivity index is 2.06. The van der Waals surface area contributed by atoms with Crippen molar-refractivity contribution >= 4 is 0 Å². The first-order chi connectivity index (χ1) is 7.85. The van der Waals surface area contributed by atoms with Crippen molar-refractivity contribution in [3.63, 3.8) is 0 Å². The molecule has 0 amide bonds. The van der Waals surface area contributed by atoms with Gasteiger partial charge in [-0.2, -0.15) is 0 Å². The maximum absolute atomic E-state index is 4.42. The van der Waals surface area contributed by atoms with Crippen LogP contribution in [0.15, 0.2) is 18.6 Å². The second-order valence-corrected chi connectivity index (χ2v) is 4.74. The zero-order valence-corrected chi connectivity index (χ0v) is 10.2. The number of rotatable bonds is 4. The third-order valence-corrected chi connectivity index (χ3v) is 3.84. The van der Waals surface area contributed by atoms with E-state index < -0.39 is 0 Å². The lowest BCUT2D eigenvalue weighted by Crippen LogP contribution is -2.25. The molecule has 1 aromatic rings. The average molecular weight is 219 g/mol. The summed E-state index contributed by atoms with van der Waals surface area (Å²) in [5, 5.41) is 3.40. The summed E-state index contributed by atoms with van der Waals surface area (Å²) in [6.07, 6.45) is 10.7. The van der Waals surface area contributed by atoms with E-state index in [9.17, 15) is 0 Å². The van der Waals surface area contributed by atoms with Gasteiger partial charge in [-0.1, -0.05) is 19.8 Å². The van der Waals surface area contributed by atoms with Crippen molar-refractivity contribution < 1.29 is 0 Å². The molecule has 0 radical (unpaired) electrons. The minimum atomic E-state index is 0.380. The molecule has 0 aromatic carbocycles. The first-order valence-electron chi connectivity index (χ1n) is 6.28. The summed E-state index contributed by atoms with van der Waals surface area (Å²) in [4.78, 5) is 8.58. The van der Waals surface area contributed by atoms with Gasteiger partial charge in [0.15, 0.2) is 0 Å². The summed E-state index contributed by atoms with van der Waals surface area (Å²) in [7, 11) is 2.03. The molecule has 0 aliphatic heterocycles. The van der Waals surface area contributed by atoms with Crippen LogP contribution < -0.4 is 5.32 Å². The number of aromatic nitrogens is 2. The fourth-order valence-corrected chi connectivity index (χ4v) is 2.88. The Labute approximate surface area is 97.7 Å². The highest BCUT2D eigenvalue weighted by atomic mass is 14.9. The Hall–Kier alpha value is -0.960. The highest BCUT2D eigenvalue weighted by Gasteiger charge is 2.30. The quantitative estimate of drug-likeness (QED) is 0.845. The van der Waals surface area contributed by atoms with Gasteiger partial charge >= 0.3 is 0 Å². The summed E-state index contributed by atoms with van der Waals surface area (Å²) in [6, 6.07) is 0.380. The summed E-state index contributed by atoms with van der Waals surface area (Å²) < 4.78 is 0. The van der Waals surface area contributed by atoms with Gasteiger partial charge in [-0.15, -0.1) is 0 Å². The molecule has 88 valence electrons. The van der Waals surface area contributed by atoms with Crippen LogP contribution in [-0.4, -0.2) is 17.0 Å². The van der Waals surface area contributed by atoms with E-state index in [2.05, 4.69) is 22.2 Å². The topological polar surface area (TPSA) is 37.8 Å². The highest BCUT2D eigenvalue weighted by molar-refractivity contribution is 5.05. The molecule has 0 spiro atoms. The minimum absolute atomic E-state index is 0.380. The Morgan fingerprint density at radius 2 is 2.31 bits per heavy atom. The fourth-order valence-electron chi connectivity index (χ4n) is 2.88. The summed E-state index contributed by atoms with van der Waals surface area (Å²) >= 11 is 0. The molecular formula is C13H21N3. The third kappa shape index (κ3) is 2.40. The van der Waals surface area contributed by atoms with Crippen LogP contribution in [-0.2, 0) is 0 Å². The van der Waals surface area contributed by atoms with Crippen molar-refractivity contribution in [3.05, 3.63) is 24.3 Å². The average Bonchev–Trinajstić information content (AvgIpc) is 2.80. The normalized spacial score (nSPS) is 26.9. The minimum Gasteiger partial charge on any atom is -0.311 e. The lowest BCUT2D eigenvalue weighted by molar-refractivity contribution is 0.365. The summed E-state index contributed by atoms with van der Waals surface area (Å²) in [5.41, 5.74) is 1.09. The molecular weight excluding hydrogens is 198 g/mol. The summed E-state index contributed by atoms with van der Waals surface area (Å²) in [6.45, 7) is 2.30. The first kappa shape index (κ1) is 11.5. The molecule has 16 heavy (non-hydrogen) atoms. The van der Waals surface area contributed by atoms with E-state index >= 15 is 0 Å². The molecule has 1 heterocycles. The van der Waals surface area contributed by atoms with Crippen LogP contribution in [0.25, 0.3) is 0 Å². The maximum atomic E-state index is 4.42. The van der Waals surface area contributed by atoms with Crippen LogP contribution in [0.5, 0.6) is 0 Å². The van der Waals surface area contributed by atoms with Crippen molar-refractivity contribution in [1.29, 1.82) is 0 Å². The SMILES string of the molecule is CCC1CCC(C(NC)c2cnccn2)C1. The maximum Gasteiger partial charge on any atom is 0.0758 e. The standard InChI is InChI=1S/C13H21N3/c1-3-10-4-5-11(8-10)13(14-2)12-9-15-6-7-16-12/h6-7,9-11,13-14H,3-5,8H2,1-2H3. The third-order valence-electron chi connectivity index (χ3n) is 3.84. The van der Waals surface area contributed by atoms with E-state index in [-0.39, 0.29) is 0 Å². The molecule has 0 saturated heterocycles. The van der Waals surface area contributed by atoms with Crippen molar-refractivity contribution in [2.75, 3.05) is 7.05 Å². The van der Waals surface area contributed by atoms with E-state index in [4.69, 9.17) is 0 Å². The largest absolute Gasteiger partial charge is 0.311 e. The van der Waals surface area contributed by atoms with Gasteiger partial charge in [-0.3, -0.25) is 9.97 Å². The Kier molecular flexibility index (Phi) is 3.88. The molecule has 3 heteroatoms. The molecule has 1 aliphatic rings. The zero-order chi connectivity index (χ0) is 11.4. The predicted octanol–water partition coefficient (Wildman–Crippen LogP) is 2.56. The Morgan fingerprint density at radius 1 is 1.44 bits per heavy atom. The molecule has 3 atom stereocenters. The van der Waals surface area contributed by atoms with Crippen molar-refractivity contribution in [1.82, 2.24) is 15.3 Å². The van der Waals surface area contributed by atoms with E-state index in [1.54, 1.807) is 12.4 Å². The molecule has 2 rings (SSSR count). The Bertz CT molecular complexity index is 312. The number of hydrogen-bond acceptors (Lipinski definition) is 3. The Morgan fingerprint density at radius 3 is 2.88 bits per heavy atom. The van der Waals surface area contributed by atoms with Gasteiger partial charge in [-0.25, -0.2) is 0 Å². The van der Waals surface area contributed by atoms with Gasteiger partial charge in [-0.05, 0) is 31.7 Å². The summed E-state index contributed by atoms with van der Waals surface area (Å²) in [5.74, 6) is 1.64. The van der Waals surface area contributed by atoms with Gasteiger partial charge in [0.05, 0.1) is 11.7 Å².